The summed E-state index contributed by atoms with van der Waals surface area (Å²) in [5.41, 5.74) is 1.61. The Labute approximate surface area is 114 Å². The van der Waals surface area contributed by atoms with Crippen LogP contribution in [0.1, 0.15) is 17.2 Å². The van der Waals surface area contributed by atoms with E-state index in [1.54, 1.807) is 12.1 Å². The minimum atomic E-state index is -1.22. The third-order valence-corrected chi connectivity index (χ3v) is 2.83. The summed E-state index contributed by atoms with van der Waals surface area (Å²) >= 11 is 0. The van der Waals surface area contributed by atoms with Crippen molar-refractivity contribution in [1.82, 2.24) is 0 Å². The Kier molecular flexibility index (Phi) is 3.98. The highest BCUT2D eigenvalue weighted by molar-refractivity contribution is 5.79. The highest BCUT2D eigenvalue weighted by Crippen LogP contribution is 2.22. The Morgan fingerprint density at radius 2 is 1.65 bits per heavy atom. The van der Waals surface area contributed by atoms with Gasteiger partial charge >= 0.3 is 5.97 Å². The first-order valence-corrected chi connectivity index (χ1v) is 5.98. The number of carboxylic acids is 1. The number of anilines is 1. The molecule has 0 aliphatic rings. The van der Waals surface area contributed by atoms with E-state index in [1.807, 2.05) is 19.1 Å². The molecule has 0 bridgehead atoms. The van der Waals surface area contributed by atoms with Gasteiger partial charge in [-0.2, -0.15) is 0 Å². The minimum absolute atomic E-state index is 0.0237. The quantitative estimate of drug-likeness (QED) is 0.899. The van der Waals surface area contributed by atoms with Crippen molar-refractivity contribution in [1.29, 1.82) is 0 Å². The topological polar surface area (TPSA) is 49.3 Å². The van der Waals surface area contributed by atoms with Crippen molar-refractivity contribution in [3.8, 4) is 0 Å². The smallest absolute Gasteiger partial charge is 0.330 e. The number of hydrogen-bond donors (Lipinski definition) is 2. The maximum Gasteiger partial charge on any atom is 0.330 e. The van der Waals surface area contributed by atoms with Crippen LogP contribution < -0.4 is 5.32 Å². The van der Waals surface area contributed by atoms with Crippen molar-refractivity contribution in [3.63, 3.8) is 0 Å². The number of benzene rings is 2. The number of halogens is 2. The molecule has 0 saturated heterocycles. The van der Waals surface area contributed by atoms with Gasteiger partial charge in [-0.25, -0.2) is 13.6 Å². The Morgan fingerprint density at radius 3 is 2.15 bits per heavy atom. The average molecular weight is 277 g/mol. The monoisotopic (exact) mass is 277 g/mol. The molecular weight excluding hydrogens is 264 g/mol. The zero-order valence-corrected chi connectivity index (χ0v) is 10.7. The van der Waals surface area contributed by atoms with E-state index in [1.165, 1.54) is 0 Å². The maximum atomic E-state index is 13.2. The molecule has 0 amide bonds. The predicted octanol–water partition coefficient (Wildman–Crippen LogP) is 3.51. The molecule has 0 aromatic heterocycles. The van der Waals surface area contributed by atoms with E-state index >= 15 is 0 Å². The summed E-state index contributed by atoms with van der Waals surface area (Å²) in [6.45, 7) is 1.90. The summed E-state index contributed by atoms with van der Waals surface area (Å²) in [5, 5.41) is 12.0. The van der Waals surface area contributed by atoms with E-state index in [0.29, 0.717) is 11.8 Å². The number of aliphatic carboxylic acids is 1. The van der Waals surface area contributed by atoms with Crippen molar-refractivity contribution < 1.29 is 18.7 Å². The molecule has 2 rings (SSSR count). The van der Waals surface area contributed by atoms with Gasteiger partial charge in [-0.15, -0.1) is 0 Å². The molecule has 1 unspecified atom stereocenters. The molecule has 1 atom stereocenters. The van der Waals surface area contributed by atoms with Gasteiger partial charge in [0.25, 0.3) is 0 Å². The van der Waals surface area contributed by atoms with Crippen molar-refractivity contribution in [2.45, 2.75) is 13.0 Å². The van der Waals surface area contributed by atoms with Gasteiger partial charge < -0.3 is 10.4 Å². The summed E-state index contributed by atoms with van der Waals surface area (Å²) in [5.74, 6) is -2.83. The molecule has 2 N–H and O–H groups in total. The first-order chi connectivity index (χ1) is 9.45. The van der Waals surface area contributed by atoms with Crippen LogP contribution in [-0.4, -0.2) is 11.1 Å². The van der Waals surface area contributed by atoms with E-state index in [9.17, 15) is 18.7 Å². The van der Waals surface area contributed by atoms with Gasteiger partial charge in [0, 0.05) is 11.8 Å². The third kappa shape index (κ3) is 3.32. The first kappa shape index (κ1) is 14.0. The molecule has 0 saturated carbocycles. The lowest BCUT2D eigenvalue weighted by Crippen LogP contribution is -2.20. The molecular formula is C15H13F2NO2. The van der Waals surface area contributed by atoms with Gasteiger partial charge in [-0.1, -0.05) is 17.7 Å². The van der Waals surface area contributed by atoms with Gasteiger partial charge in [-0.05, 0) is 36.8 Å². The second-order valence-corrected chi connectivity index (χ2v) is 4.48. The van der Waals surface area contributed by atoms with Crippen LogP contribution in [0.2, 0.25) is 0 Å². The van der Waals surface area contributed by atoms with Gasteiger partial charge in [0.05, 0.1) is 0 Å². The van der Waals surface area contributed by atoms with E-state index in [-0.39, 0.29) is 5.56 Å². The molecule has 20 heavy (non-hydrogen) atoms. The Hall–Kier alpha value is -2.43. The lowest BCUT2D eigenvalue weighted by atomic mass is 10.1. The van der Waals surface area contributed by atoms with Gasteiger partial charge in [0.1, 0.15) is 11.6 Å². The fraction of sp³-hybridized carbons (Fsp3) is 0.133. The van der Waals surface area contributed by atoms with Crippen molar-refractivity contribution in [3.05, 3.63) is 65.2 Å². The summed E-state index contributed by atoms with van der Waals surface area (Å²) in [6, 6.07) is 8.53. The first-order valence-electron chi connectivity index (χ1n) is 5.98. The zero-order valence-electron chi connectivity index (χ0n) is 10.7. The molecule has 0 aliphatic heterocycles. The van der Waals surface area contributed by atoms with Gasteiger partial charge in [0.15, 0.2) is 6.04 Å². The molecule has 104 valence electrons. The van der Waals surface area contributed by atoms with Crippen LogP contribution in [0.25, 0.3) is 0 Å². The van der Waals surface area contributed by atoms with Crippen molar-refractivity contribution >= 4 is 11.7 Å². The lowest BCUT2D eigenvalue weighted by molar-refractivity contribution is -0.138. The number of carbonyl (C=O) groups is 1. The van der Waals surface area contributed by atoms with E-state index in [4.69, 9.17) is 0 Å². The molecule has 3 nitrogen and oxygen atoms in total. The zero-order chi connectivity index (χ0) is 14.7. The van der Waals surface area contributed by atoms with Crippen LogP contribution in [0.4, 0.5) is 14.5 Å². The number of rotatable bonds is 4. The van der Waals surface area contributed by atoms with E-state index in [2.05, 4.69) is 5.32 Å². The Bertz CT molecular complexity index is 606. The molecule has 0 radical (unpaired) electrons. The summed E-state index contributed by atoms with van der Waals surface area (Å²) in [4.78, 5) is 11.3. The molecule has 0 spiro atoms. The fourth-order valence-electron chi connectivity index (χ4n) is 1.85. The number of aryl methyl sites for hydroxylation is 1. The van der Waals surface area contributed by atoms with Crippen LogP contribution in [0.3, 0.4) is 0 Å². The van der Waals surface area contributed by atoms with Gasteiger partial charge in [0.2, 0.25) is 0 Å². The third-order valence-electron chi connectivity index (χ3n) is 2.83. The predicted molar refractivity (Wildman–Crippen MR) is 71.5 cm³/mol. The lowest BCUT2D eigenvalue weighted by Gasteiger charge is -2.16. The van der Waals surface area contributed by atoms with Crippen LogP contribution in [0.15, 0.2) is 42.5 Å². The van der Waals surface area contributed by atoms with Crippen LogP contribution in [0.5, 0.6) is 0 Å². The van der Waals surface area contributed by atoms with Crippen LogP contribution in [-0.2, 0) is 4.79 Å². The van der Waals surface area contributed by atoms with Gasteiger partial charge in [-0.3, -0.25) is 0 Å². The molecule has 0 aliphatic carbocycles. The number of hydrogen-bond acceptors (Lipinski definition) is 2. The second-order valence-electron chi connectivity index (χ2n) is 4.48. The Balaban J connectivity index is 2.31. The highest BCUT2D eigenvalue weighted by Gasteiger charge is 2.21. The number of nitrogens with one attached hydrogen (secondary N) is 1. The summed E-state index contributed by atoms with van der Waals surface area (Å²) in [6.07, 6.45) is 0. The number of carboxylic acid groups (broad SMARTS) is 1. The van der Waals surface area contributed by atoms with E-state index in [0.717, 1.165) is 17.7 Å². The van der Waals surface area contributed by atoms with Crippen LogP contribution >= 0.6 is 0 Å². The molecule has 2 aromatic carbocycles. The standard InChI is InChI=1S/C15H13F2NO2/c1-9-2-4-13(5-3-9)18-14(15(19)20)10-6-11(16)8-12(17)7-10/h2-8,14,18H,1H3,(H,19,20). The Morgan fingerprint density at radius 1 is 1.10 bits per heavy atom. The molecule has 2 aromatic rings. The largest absolute Gasteiger partial charge is 0.479 e. The van der Waals surface area contributed by atoms with E-state index < -0.39 is 23.6 Å². The minimum Gasteiger partial charge on any atom is -0.479 e. The molecule has 5 heteroatoms. The fourth-order valence-corrected chi connectivity index (χ4v) is 1.85. The average Bonchev–Trinajstić information content (AvgIpc) is 2.36. The maximum absolute atomic E-state index is 13.2. The second kappa shape index (κ2) is 5.69. The van der Waals surface area contributed by atoms with Crippen LogP contribution in [0, 0.1) is 18.6 Å². The van der Waals surface area contributed by atoms with Crippen molar-refractivity contribution in [2.24, 2.45) is 0 Å². The van der Waals surface area contributed by atoms with Crippen molar-refractivity contribution in [2.75, 3.05) is 5.32 Å². The molecule has 0 heterocycles. The molecule has 0 fully saturated rings. The summed E-state index contributed by atoms with van der Waals surface area (Å²) in [7, 11) is 0. The SMILES string of the molecule is Cc1ccc(NC(C(=O)O)c2cc(F)cc(F)c2)cc1. The summed E-state index contributed by atoms with van der Waals surface area (Å²) < 4.78 is 26.4. The normalized spacial score (nSPS) is 11.9. The highest BCUT2D eigenvalue weighted by atomic mass is 19.1.